The molecule has 2 N–H and O–H groups in total. The van der Waals surface area contributed by atoms with Crippen LogP contribution in [0.25, 0.3) is 10.1 Å². The monoisotopic (exact) mass is 423 g/mol. The second kappa shape index (κ2) is 9.45. The quantitative estimate of drug-likeness (QED) is 0.624. The number of piperazine rings is 1. The molecule has 2 aromatic carbocycles. The molecule has 2 amide bonds. The predicted molar refractivity (Wildman–Crippen MR) is 126 cm³/mol. The molecule has 6 nitrogen and oxygen atoms in total. The lowest BCUT2D eigenvalue weighted by atomic mass is 10.1. The van der Waals surface area contributed by atoms with Crippen LogP contribution in [-0.2, 0) is 6.42 Å². The maximum Gasteiger partial charge on any atom is 0.319 e. The van der Waals surface area contributed by atoms with Gasteiger partial charge in [0.05, 0.1) is 4.70 Å². The maximum absolute atomic E-state index is 11.9. The van der Waals surface area contributed by atoms with Gasteiger partial charge in [0, 0.05) is 49.8 Å². The summed E-state index contributed by atoms with van der Waals surface area (Å²) in [7, 11) is 0. The fourth-order valence-corrected chi connectivity index (χ4v) is 4.60. The van der Waals surface area contributed by atoms with Crippen LogP contribution in [0.2, 0.25) is 0 Å². The fourth-order valence-electron chi connectivity index (χ4n) is 3.81. The smallest absolute Gasteiger partial charge is 0.319 e. The number of benzene rings is 2. The first-order valence-corrected chi connectivity index (χ1v) is 11.3. The highest BCUT2D eigenvalue weighted by atomic mass is 32.1. The van der Waals surface area contributed by atoms with Crippen LogP contribution in [0.1, 0.15) is 19.4 Å². The van der Waals surface area contributed by atoms with E-state index >= 15 is 0 Å². The Labute approximate surface area is 182 Å². The Kier molecular flexibility index (Phi) is 6.50. The maximum atomic E-state index is 11.9. The average molecular weight is 424 g/mol. The topological polar surface area (TPSA) is 60.5 Å². The van der Waals surface area contributed by atoms with Gasteiger partial charge in [0.25, 0.3) is 0 Å². The highest BCUT2D eigenvalue weighted by Gasteiger charge is 2.20. The van der Waals surface area contributed by atoms with Crippen molar-refractivity contribution in [3.8, 4) is 0 Å². The van der Waals surface area contributed by atoms with Gasteiger partial charge in [-0.15, -0.1) is 0 Å². The van der Waals surface area contributed by atoms with Gasteiger partial charge in [0.1, 0.15) is 5.82 Å². The minimum Gasteiger partial charge on any atom is -0.353 e. The van der Waals surface area contributed by atoms with E-state index in [0.29, 0.717) is 0 Å². The third-order valence-corrected chi connectivity index (χ3v) is 6.17. The van der Waals surface area contributed by atoms with E-state index in [0.717, 1.165) is 50.6 Å². The molecule has 1 fully saturated rings. The van der Waals surface area contributed by atoms with Crippen LogP contribution < -0.4 is 15.5 Å². The predicted octanol–water partition coefficient (Wildman–Crippen LogP) is 4.19. The summed E-state index contributed by atoms with van der Waals surface area (Å²) < 4.78 is 5.95. The highest BCUT2D eigenvalue weighted by molar-refractivity contribution is 7.13. The molecular weight excluding hydrogens is 394 g/mol. The van der Waals surface area contributed by atoms with Gasteiger partial charge in [-0.05, 0) is 61.6 Å². The Balaban J connectivity index is 1.28. The molecule has 0 bridgehead atoms. The number of aromatic nitrogens is 1. The average Bonchev–Trinajstić information content (AvgIpc) is 3.16. The number of carbonyl (C=O) groups is 1. The standard InChI is InChI=1S/C23H29N5OS/c1-17(2)24-23(29)25-19-7-5-6-18(16-19)10-11-27-12-14-28(15-13-27)22-20-8-3-4-9-21(20)30-26-22/h3-9,16-17H,10-15H2,1-2H3,(H2,24,25,29). The number of nitrogens with zero attached hydrogens (tertiary/aromatic N) is 3. The summed E-state index contributed by atoms with van der Waals surface area (Å²) in [6, 6.07) is 16.6. The summed E-state index contributed by atoms with van der Waals surface area (Å²) >= 11 is 1.58. The van der Waals surface area contributed by atoms with Crippen molar-refractivity contribution in [1.29, 1.82) is 0 Å². The SMILES string of the molecule is CC(C)NC(=O)Nc1cccc(CCN2CCN(c3nsc4ccccc34)CC2)c1. The first-order valence-electron chi connectivity index (χ1n) is 10.6. The first-order chi connectivity index (χ1) is 14.6. The lowest BCUT2D eigenvalue weighted by Gasteiger charge is -2.35. The minimum atomic E-state index is -0.159. The summed E-state index contributed by atoms with van der Waals surface area (Å²) in [5.74, 6) is 1.13. The Bertz CT molecular complexity index is 994. The molecule has 7 heteroatoms. The zero-order valence-electron chi connectivity index (χ0n) is 17.6. The van der Waals surface area contributed by atoms with Gasteiger partial charge < -0.3 is 15.5 Å². The second-order valence-electron chi connectivity index (χ2n) is 8.03. The summed E-state index contributed by atoms with van der Waals surface area (Å²) in [5.41, 5.74) is 2.08. The second-order valence-corrected chi connectivity index (χ2v) is 8.84. The van der Waals surface area contributed by atoms with E-state index in [9.17, 15) is 4.79 Å². The van der Waals surface area contributed by atoms with Gasteiger partial charge in [0.2, 0.25) is 0 Å². The van der Waals surface area contributed by atoms with E-state index in [1.807, 2.05) is 26.0 Å². The lowest BCUT2D eigenvalue weighted by molar-refractivity contribution is 0.250. The Morgan fingerprint density at radius 3 is 2.70 bits per heavy atom. The minimum absolute atomic E-state index is 0.120. The van der Waals surface area contributed by atoms with Crippen molar-refractivity contribution in [3.63, 3.8) is 0 Å². The van der Waals surface area contributed by atoms with Crippen LogP contribution in [-0.4, -0.2) is 54.1 Å². The van der Waals surface area contributed by atoms with Crippen molar-refractivity contribution in [1.82, 2.24) is 14.6 Å². The van der Waals surface area contributed by atoms with Crippen LogP contribution in [0, 0.1) is 0 Å². The fraction of sp³-hybridized carbons (Fsp3) is 0.391. The highest BCUT2D eigenvalue weighted by Crippen LogP contribution is 2.29. The third-order valence-electron chi connectivity index (χ3n) is 5.35. The summed E-state index contributed by atoms with van der Waals surface area (Å²) in [5, 5.41) is 7.03. The van der Waals surface area contributed by atoms with Crippen molar-refractivity contribution in [2.45, 2.75) is 26.3 Å². The molecule has 4 rings (SSSR count). The number of fused-ring (bicyclic) bond motifs is 1. The number of anilines is 2. The third kappa shape index (κ3) is 5.09. The van der Waals surface area contributed by atoms with Crippen LogP contribution in [0.3, 0.4) is 0 Å². The van der Waals surface area contributed by atoms with Gasteiger partial charge in [-0.25, -0.2) is 4.79 Å². The molecule has 1 saturated heterocycles. The molecule has 0 unspecified atom stereocenters. The summed E-state index contributed by atoms with van der Waals surface area (Å²) in [4.78, 5) is 16.8. The van der Waals surface area contributed by atoms with Gasteiger partial charge in [-0.1, -0.05) is 24.3 Å². The number of amides is 2. The Morgan fingerprint density at radius 2 is 1.90 bits per heavy atom. The van der Waals surface area contributed by atoms with Crippen molar-refractivity contribution < 1.29 is 4.79 Å². The number of urea groups is 1. The molecule has 0 atom stereocenters. The molecule has 1 aliphatic rings. The zero-order chi connectivity index (χ0) is 20.9. The lowest BCUT2D eigenvalue weighted by Crippen LogP contribution is -2.47. The normalized spacial score (nSPS) is 15.0. The van der Waals surface area contributed by atoms with E-state index < -0.39 is 0 Å². The number of rotatable bonds is 6. The number of nitrogens with one attached hydrogen (secondary N) is 2. The first kappa shape index (κ1) is 20.6. The van der Waals surface area contributed by atoms with E-state index in [1.54, 1.807) is 11.5 Å². The van der Waals surface area contributed by atoms with Crippen molar-refractivity contribution in [2.75, 3.05) is 42.9 Å². The van der Waals surface area contributed by atoms with Crippen LogP contribution in [0.4, 0.5) is 16.3 Å². The molecule has 1 aliphatic heterocycles. The molecule has 0 spiro atoms. The van der Waals surface area contributed by atoms with Crippen LogP contribution in [0.5, 0.6) is 0 Å². The Hall–Kier alpha value is -2.64. The van der Waals surface area contributed by atoms with E-state index in [2.05, 4.69) is 56.8 Å². The zero-order valence-corrected chi connectivity index (χ0v) is 18.4. The number of hydrogen-bond acceptors (Lipinski definition) is 5. The molecule has 0 saturated carbocycles. The summed E-state index contributed by atoms with van der Waals surface area (Å²) in [6.07, 6.45) is 0.973. The van der Waals surface area contributed by atoms with E-state index in [4.69, 9.17) is 4.37 Å². The van der Waals surface area contributed by atoms with Gasteiger partial charge in [-0.3, -0.25) is 4.90 Å². The Morgan fingerprint density at radius 1 is 1.10 bits per heavy atom. The van der Waals surface area contributed by atoms with Gasteiger partial charge >= 0.3 is 6.03 Å². The van der Waals surface area contributed by atoms with E-state index in [-0.39, 0.29) is 12.1 Å². The number of carbonyl (C=O) groups excluding carboxylic acids is 1. The molecule has 1 aromatic heterocycles. The van der Waals surface area contributed by atoms with Crippen molar-refractivity contribution >= 4 is 39.2 Å². The van der Waals surface area contributed by atoms with Crippen molar-refractivity contribution in [2.24, 2.45) is 0 Å². The molecular formula is C23H29N5OS. The van der Waals surface area contributed by atoms with E-state index in [1.165, 1.54) is 15.6 Å². The largest absolute Gasteiger partial charge is 0.353 e. The molecule has 2 heterocycles. The summed E-state index contributed by atoms with van der Waals surface area (Å²) in [6.45, 7) is 9.02. The molecule has 0 aliphatic carbocycles. The van der Waals surface area contributed by atoms with Crippen molar-refractivity contribution in [3.05, 3.63) is 54.1 Å². The molecule has 30 heavy (non-hydrogen) atoms. The van der Waals surface area contributed by atoms with Crippen LogP contribution >= 0.6 is 11.5 Å². The van der Waals surface area contributed by atoms with Gasteiger partial charge in [0.15, 0.2) is 0 Å². The number of hydrogen-bond donors (Lipinski definition) is 2. The molecule has 0 radical (unpaired) electrons. The molecule has 158 valence electrons. The van der Waals surface area contributed by atoms with Crippen LogP contribution in [0.15, 0.2) is 48.5 Å². The van der Waals surface area contributed by atoms with Gasteiger partial charge in [-0.2, -0.15) is 4.37 Å². The molecule has 3 aromatic rings.